The second-order valence-corrected chi connectivity index (χ2v) is 6.31. The van der Waals surface area contributed by atoms with E-state index in [1.807, 2.05) is 18.7 Å². The molecule has 0 aliphatic carbocycles. The van der Waals surface area contributed by atoms with Crippen LogP contribution < -0.4 is 0 Å². The van der Waals surface area contributed by atoms with Gasteiger partial charge in [0.15, 0.2) is 0 Å². The molecule has 1 saturated heterocycles. The van der Waals surface area contributed by atoms with Crippen LogP contribution in [0.15, 0.2) is 4.47 Å². The highest BCUT2D eigenvalue weighted by Crippen LogP contribution is 2.25. The largest absolute Gasteiger partial charge is 0.297 e. The van der Waals surface area contributed by atoms with Crippen LogP contribution in [-0.2, 0) is 13.6 Å². The third kappa shape index (κ3) is 3.12. The molecule has 1 atom stereocenters. The number of halogens is 2. The quantitative estimate of drug-likeness (QED) is 0.768. The van der Waals surface area contributed by atoms with Crippen molar-refractivity contribution >= 4 is 31.9 Å². The predicted octanol–water partition coefficient (Wildman–Crippen LogP) is 3.10. The summed E-state index contributed by atoms with van der Waals surface area (Å²) in [7, 11) is 2.03. The van der Waals surface area contributed by atoms with Gasteiger partial charge in [0.2, 0.25) is 0 Å². The van der Waals surface area contributed by atoms with Crippen molar-refractivity contribution in [1.29, 1.82) is 0 Å². The number of hydrogen-bond donors (Lipinski definition) is 0. The van der Waals surface area contributed by atoms with Gasteiger partial charge in [-0.05, 0) is 48.2 Å². The van der Waals surface area contributed by atoms with Crippen LogP contribution in [0.4, 0.5) is 0 Å². The van der Waals surface area contributed by atoms with Gasteiger partial charge in [0.1, 0.15) is 0 Å². The van der Waals surface area contributed by atoms with Gasteiger partial charge >= 0.3 is 0 Å². The molecule has 17 heavy (non-hydrogen) atoms. The van der Waals surface area contributed by atoms with Crippen LogP contribution in [0.3, 0.4) is 0 Å². The van der Waals surface area contributed by atoms with Gasteiger partial charge in [-0.25, -0.2) is 0 Å². The van der Waals surface area contributed by atoms with E-state index in [-0.39, 0.29) is 0 Å². The summed E-state index contributed by atoms with van der Waals surface area (Å²) in [4.78, 5) is 2.54. The zero-order chi connectivity index (χ0) is 12.4. The Labute approximate surface area is 120 Å². The molecule has 1 aromatic rings. The molecule has 1 aromatic heterocycles. The van der Waals surface area contributed by atoms with Gasteiger partial charge in [-0.15, -0.1) is 0 Å². The number of rotatable bonds is 3. The molecule has 0 bridgehead atoms. The average Bonchev–Trinajstić information content (AvgIpc) is 2.56. The number of likely N-dealkylation sites (tertiary alicyclic amines) is 1. The number of alkyl halides is 1. The van der Waals surface area contributed by atoms with Crippen LogP contribution in [0.5, 0.6) is 0 Å². The maximum absolute atomic E-state index is 4.45. The summed E-state index contributed by atoms with van der Waals surface area (Å²) in [6.45, 7) is 5.45. The van der Waals surface area contributed by atoms with Gasteiger partial charge in [-0.1, -0.05) is 15.9 Å². The standard InChI is InChI=1S/C12H19Br2N3/c1-9-12(14)11(16(2)15-9)8-17-5-3-4-10(6-13)7-17/h10H,3-8H2,1-2H3. The van der Waals surface area contributed by atoms with Crippen molar-refractivity contribution in [2.45, 2.75) is 26.3 Å². The second kappa shape index (κ2) is 5.85. The molecule has 0 saturated carbocycles. The van der Waals surface area contributed by atoms with Gasteiger partial charge in [-0.2, -0.15) is 5.10 Å². The van der Waals surface area contributed by atoms with Crippen LogP contribution in [0.25, 0.3) is 0 Å². The van der Waals surface area contributed by atoms with Crippen LogP contribution in [0, 0.1) is 12.8 Å². The summed E-state index contributed by atoms with van der Waals surface area (Å²) in [5.41, 5.74) is 2.37. The molecule has 1 aliphatic heterocycles. The molecule has 0 spiro atoms. The van der Waals surface area contributed by atoms with Crippen LogP contribution in [0.2, 0.25) is 0 Å². The molecule has 5 heteroatoms. The van der Waals surface area contributed by atoms with E-state index >= 15 is 0 Å². The minimum Gasteiger partial charge on any atom is -0.297 e. The Morgan fingerprint density at radius 2 is 2.24 bits per heavy atom. The fraction of sp³-hybridized carbons (Fsp3) is 0.750. The first kappa shape index (κ1) is 13.6. The van der Waals surface area contributed by atoms with Crippen molar-refractivity contribution in [1.82, 2.24) is 14.7 Å². The van der Waals surface area contributed by atoms with E-state index < -0.39 is 0 Å². The van der Waals surface area contributed by atoms with Crippen molar-refractivity contribution in [2.75, 3.05) is 18.4 Å². The van der Waals surface area contributed by atoms with Gasteiger partial charge in [0, 0.05) is 25.5 Å². The highest BCUT2D eigenvalue weighted by molar-refractivity contribution is 9.10. The Kier molecular flexibility index (Phi) is 4.66. The fourth-order valence-corrected chi connectivity index (χ4v) is 3.47. The summed E-state index contributed by atoms with van der Waals surface area (Å²) in [6.07, 6.45) is 2.66. The zero-order valence-corrected chi connectivity index (χ0v) is 13.6. The van der Waals surface area contributed by atoms with E-state index in [2.05, 4.69) is 41.9 Å². The van der Waals surface area contributed by atoms with Crippen molar-refractivity contribution in [2.24, 2.45) is 13.0 Å². The molecule has 96 valence electrons. The molecule has 2 rings (SSSR count). The Balaban J connectivity index is 2.05. The molecule has 0 aromatic carbocycles. The Morgan fingerprint density at radius 3 is 2.82 bits per heavy atom. The third-order valence-electron chi connectivity index (χ3n) is 3.46. The molecular formula is C12H19Br2N3. The molecule has 1 fully saturated rings. The van der Waals surface area contributed by atoms with E-state index in [0.717, 1.165) is 23.5 Å². The first-order valence-corrected chi connectivity index (χ1v) is 7.99. The topological polar surface area (TPSA) is 21.1 Å². The zero-order valence-electron chi connectivity index (χ0n) is 10.4. The van der Waals surface area contributed by atoms with Crippen molar-refractivity contribution in [3.05, 3.63) is 15.9 Å². The molecule has 1 unspecified atom stereocenters. The summed E-state index contributed by atoms with van der Waals surface area (Å²) < 4.78 is 3.16. The minimum absolute atomic E-state index is 0.803. The Bertz CT molecular complexity index is 389. The second-order valence-electron chi connectivity index (χ2n) is 4.87. The Morgan fingerprint density at radius 1 is 1.47 bits per heavy atom. The first-order valence-electron chi connectivity index (χ1n) is 6.08. The lowest BCUT2D eigenvalue weighted by Gasteiger charge is -2.31. The number of nitrogens with zero attached hydrogens (tertiary/aromatic N) is 3. The van der Waals surface area contributed by atoms with Gasteiger partial charge < -0.3 is 0 Å². The normalized spacial score (nSPS) is 22.0. The van der Waals surface area contributed by atoms with Crippen molar-refractivity contribution in [3.8, 4) is 0 Å². The molecule has 3 nitrogen and oxygen atoms in total. The van der Waals surface area contributed by atoms with Crippen LogP contribution >= 0.6 is 31.9 Å². The van der Waals surface area contributed by atoms with Crippen LogP contribution in [0.1, 0.15) is 24.2 Å². The minimum atomic E-state index is 0.803. The molecule has 0 amide bonds. The maximum Gasteiger partial charge on any atom is 0.0739 e. The summed E-state index contributed by atoms with van der Waals surface area (Å²) in [6, 6.07) is 0. The van der Waals surface area contributed by atoms with E-state index in [1.54, 1.807) is 0 Å². The lowest BCUT2D eigenvalue weighted by Crippen LogP contribution is -2.36. The Hall–Kier alpha value is 0.130. The highest BCUT2D eigenvalue weighted by atomic mass is 79.9. The fourth-order valence-electron chi connectivity index (χ4n) is 2.48. The van der Waals surface area contributed by atoms with Gasteiger partial charge in [0.25, 0.3) is 0 Å². The summed E-state index contributed by atoms with van der Waals surface area (Å²) in [5, 5.41) is 5.57. The third-order valence-corrected chi connectivity index (χ3v) is 5.40. The van der Waals surface area contributed by atoms with Gasteiger partial charge in [-0.3, -0.25) is 9.58 Å². The highest BCUT2D eigenvalue weighted by Gasteiger charge is 2.21. The van der Waals surface area contributed by atoms with E-state index in [1.165, 1.54) is 36.1 Å². The van der Waals surface area contributed by atoms with E-state index in [0.29, 0.717) is 0 Å². The lowest BCUT2D eigenvalue weighted by atomic mass is 10.0. The van der Waals surface area contributed by atoms with Crippen molar-refractivity contribution in [3.63, 3.8) is 0 Å². The van der Waals surface area contributed by atoms with E-state index in [9.17, 15) is 0 Å². The molecular weight excluding hydrogens is 346 g/mol. The lowest BCUT2D eigenvalue weighted by molar-refractivity contribution is 0.175. The molecule has 0 radical (unpaired) electrons. The van der Waals surface area contributed by atoms with Gasteiger partial charge in [0.05, 0.1) is 15.9 Å². The van der Waals surface area contributed by atoms with Crippen LogP contribution in [-0.4, -0.2) is 33.1 Å². The SMILES string of the molecule is Cc1nn(C)c(CN2CCCC(CBr)C2)c1Br. The van der Waals surface area contributed by atoms with Crippen molar-refractivity contribution < 1.29 is 0 Å². The smallest absolute Gasteiger partial charge is 0.0739 e. The molecule has 2 heterocycles. The maximum atomic E-state index is 4.45. The predicted molar refractivity (Wildman–Crippen MR) is 77.4 cm³/mol. The summed E-state index contributed by atoms with van der Waals surface area (Å²) in [5.74, 6) is 0.803. The molecule has 0 N–H and O–H groups in total. The monoisotopic (exact) mass is 363 g/mol. The number of aryl methyl sites for hydroxylation is 2. The number of piperidine rings is 1. The van der Waals surface area contributed by atoms with E-state index in [4.69, 9.17) is 0 Å². The first-order chi connectivity index (χ1) is 8.11. The average molecular weight is 365 g/mol. The summed E-state index contributed by atoms with van der Waals surface area (Å²) >= 11 is 7.24. The number of hydrogen-bond acceptors (Lipinski definition) is 2. The number of aromatic nitrogens is 2. The molecule has 1 aliphatic rings.